The number of fused-ring (bicyclic) bond motifs is 3. The number of nitrogens with zero attached hydrogens (tertiary/aromatic N) is 3. The van der Waals surface area contributed by atoms with Gasteiger partial charge in [0.1, 0.15) is 5.75 Å². The summed E-state index contributed by atoms with van der Waals surface area (Å²) < 4.78 is 5.29. The molecular weight excluding hydrogens is 370 g/mol. The van der Waals surface area contributed by atoms with E-state index in [0.29, 0.717) is 22.5 Å². The van der Waals surface area contributed by atoms with Gasteiger partial charge in [0.05, 0.1) is 12.7 Å². The van der Waals surface area contributed by atoms with Crippen LogP contribution in [0.4, 0.5) is 0 Å². The summed E-state index contributed by atoms with van der Waals surface area (Å²) in [6.07, 6.45) is 5.24. The minimum atomic E-state index is 0.124. The Morgan fingerprint density at radius 2 is 1.71 bits per heavy atom. The van der Waals surface area contributed by atoms with E-state index in [1.165, 1.54) is 23.1 Å². The van der Waals surface area contributed by atoms with E-state index in [1.807, 2.05) is 17.8 Å². The number of aromatic hydroxyl groups is 1. The highest BCUT2D eigenvalue weighted by molar-refractivity contribution is 8.00. The number of rotatable bonds is 3. The molecule has 1 aromatic heterocycles. The lowest BCUT2D eigenvalue weighted by molar-refractivity contribution is 0.378. The quantitative estimate of drug-likeness (QED) is 0.708. The van der Waals surface area contributed by atoms with Crippen molar-refractivity contribution in [1.29, 1.82) is 0 Å². The number of hydrogen-bond donors (Lipinski definition) is 1. The zero-order valence-electron chi connectivity index (χ0n) is 15.2. The molecule has 28 heavy (non-hydrogen) atoms. The first-order valence-electron chi connectivity index (χ1n) is 8.99. The Morgan fingerprint density at radius 1 is 0.964 bits per heavy atom. The smallest absolute Gasteiger partial charge is 0.320 e. The molecule has 1 unspecified atom stereocenters. The van der Waals surface area contributed by atoms with Crippen LogP contribution >= 0.6 is 11.8 Å². The van der Waals surface area contributed by atoms with E-state index in [0.717, 1.165) is 12.0 Å². The van der Waals surface area contributed by atoms with Crippen LogP contribution in [0, 0.1) is 0 Å². The van der Waals surface area contributed by atoms with Crippen molar-refractivity contribution in [2.75, 3.05) is 7.11 Å². The van der Waals surface area contributed by atoms with Crippen molar-refractivity contribution in [3.8, 4) is 23.1 Å². The fraction of sp³-hybridized carbons (Fsp3) is 0.136. The maximum atomic E-state index is 10.2. The zero-order chi connectivity index (χ0) is 19.1. The third kappa shape index (κ3) is 2.86. The van der Waals surface area contributed by atoms with E-state index >= 15 is 0 Å². The van der Waals surface area contributed by atoms with E-state index in [1.54, 1.807) is 18.2 Å². The number of thioether (sulfide) groups is 1. The van der Waals surface area contributed by atoms with Crippen LogP contribution in [-0.2, 0) is 0 Å². The maximum Gasteiger partial charge on any atom is 0.320 e. The Labute approximate surface area is 166 Å². The summed E-state index contributed by atoms with van der Waals surface area (Å²) in [6, 6.07) is 15.7. The lowest BCUT2D eigenvalue weighted by atomic mass is 9.93. The normalized spacial score (nSPS) is 17.4. The van der Waals surface area contributed by atoms with Gasteiger partial charge in [-0.25, -0.2) is 4.98 Å². The van der Waals surface area contributed by atoms with Crippen LogP contribution in [0.5, 0.6) is 11.8 Å². The molecule has 2 aromatic carbocycles. The van der Waals surface area contributed by atoms with E-state index in [4.69, 9.17) is 4.74 Å². The number of benzene rings is 2. The van der Waals surface area contributed by atoms with Gasteiger partial charge in [-0.3, -0.25) is 0 Å². The molecule has 0 amide bonds. The summed E-state index contributed by atoms with van der Waals surface area (Å²) in [6.45, 7) is 0. The number of phenols is 1. The molecule has 5 rings (SSSR count). The molecule has 1 aliphatic heterocycles. The van der Waals surface area contributed by atoms with Crippen molar-refractivity contribution in [2.45, 2.75) is 16.6 Å². The molecule has 0 fully saturated rings. The molecule has 0 spiro atoms. The first-order chi connectivity index (χ1) is 13.7. The predicted molar refractivity (Wildman–Crippen MR) is 110 cm³/mol. The molecule has 5 nitrogen and oxygen atoms in total. The second kappa shape index (κ2) is 6.80. The van der Waals surface area contributed by atoms with Gasteiger partial charge in [-0.15, -0.1) is 11.8 Å². The molecule has 0 bridgehead atoms. The number of para-hydroxylation sites is 1. The van der Waals surface area contributed by atoms with Crippen LogP contribution < -0.4 is 4.74 Å². The number of allylic oxidation sites excluding steroid dienone is 3. The Bertz CT molecular complexity index is 1140. The molecule has 1 atom stereocenters. The second-order valence-corrected chi connectivity index (χ2v) is 7.83. The lowest BCUT2D eigenvalue weighted by Crippen LogP contribution is -2.07. The second-order valence-electron chi connectivity index (χ2n) is 6.58. The third-order valence-electron chi connectivity index (χ3n) is 4.88. The molecule has 138 valence electrons. The molecule has 2 heterocycles. The monoisotopic (exact) mass is 387 g/mol. The average Bonchev–Trinajstić information content (AvgIpc) is 3.11. The zero-order valence-corrected chi connectivity index (χ0v) is 16.0. The SMILES string of the molecule is COc1nc(C2=CCC3Sc4ccccc4C3=C2)nc(-c2ccccc2O)n1. The van der Waals surface area contributed by atoms with E-state index in [9.17, 15) is 5.11 Å². The van der Waals surface area contributed by atoms with Gasteiger partial charge in [-0.2, -0.15) is 9.97 Å². The van der Waals surface area contributed by atoms with Gasteiger partial charge in [0.25, 0.3) is 0 Å². The largest absolute Gasteiger partial charge is 0.507 e. The summed E-state index contributed by atoms with van der Waals surface area (Å²) >= 11 is 1.90. The van der Waals surface area contributed by atoms with Gasteiger partial charge in [-0.05, 0) is 41.8 Å². The highest BCUT2D eigenvalue weighted by atomic mass is 32.2. The van der Waals surface area contributed by atoms with Crippen LogP contribution in [0.2, 0.25) is 0 Å². The maximum absolute atomic E-state index is 10.2. The fourth-order valence-corrected chi connectivity index (χ4v) is 4.81. The highest BCUT2D eigenvalue weighted by Gasteiger charge is 2.29. The van der Waals surface area contributed by atoms with Crippen molar-refractivity contribution in [3.05, 3.63) is 72.1 Å². The molecule has 1 N–H and O–H groups in total. The molecular formula is C22H17N3O2S. The number of phenolic OH excluding ortho intramolecular Hbond substituents is 1. The van der Waals surface area contributed by atoms with E-state index in [-0.39, 0.29) is 11.8 Å². The van der Waals surface area contributed by atoms with Gasteiger partial charge in [0, 0.05) is 15.7 Å². The predicted octanol–water partition coefficient (Wildman–Crippen LogP) is 4.60. The minimum absolute atomic E-state index is 0.124. The number of hydrogen-bond acceptors (Lipinski definition) is 6. The average molecular weight is 387 g/mol. The Balaban J connectivity index is 1.60. The van der Waals surface area contributed by atoms with E-state index < -0.39 is 0 Å². The number of methoxy groups -OCH3 is 1. The van der Waals surface area contributed by atoms with Crippen molar-refractivity contribution >= 4 is 22.9 Å². The minimum Gasteiger partial charge on any atom is -0.507 e. The molecule has 6 heteroatoms. The molecule has 3 aromatic rings. The van der Waals surface area contributed by atoms with Crippen molar-refractivity contribution in [2.24, 2.45) is 0 Å². The standard InChI is InChI=1S/C22H17N3O2S/c1-27-22-24-20(23-21(25-22)15-7-2-4-8-17(15)26)13-10-11-19-16(12-13)14-6-3-5-9-18(14)28-19/h2-10,12,19,26H,11H2,1H3. The van der Waals surface area contributed by atoms with Gasteiger partial charge in [-0.1, -0.05) is 36.4 Å². The Morgan fingerprint density at radius 3 is 2.54 bits per heavy atom. The number of ether oxygens (including phenoxy) is 1. The molecule has 0 radical (unpaired) electrons. The first-order valence-corrected chi connectivity index (χ1v) is 9.87. The van der Waals surface area contributed by atoms with Crippen LogP contribution in [0.15, 0.2) is 65.6 Å². The third-order valence-corrected chi connectivity index (χ3v) is 6.22. The topological polar surface area (TPSA) is 68.1 Å². The summed E-state index contributed by atoms with van der Waals surface area (Å²) in [5.74, 6) is 1.06. The Kier molecular flexibility index (Phi) is 4.13. The van der Waals surface area contributed by atoms with Crippen LogP contribution in [0.1, 0.15) is 17.8 Å². The summed E-state index contributed by atoms with van der Waals surface area (Å²) in [5.41, 5.74) is 4.08. The number of aromatic nitrogens is 3. The summed E-state index contributed by atoms with van der Waals surface area (Å²) in [4.78, 5) is 14.7. The highest BCUT2D eigenvalue weighted by Crippen LogP contribution is 2.49. The first kappa shape index (κ1) is 17.0. The van der Waals surface area contributed by atoms with Crippen LogP contribution in [0.25, 0.3) is 22.5 Å². The van der Waals surface area contributed by atoms with Gasteiger partial charge in [0.2, 0.25) is 0 Å². The lowest BCUT2D eigenvalue weighted by Gasteiger charge is -2.17. The van der Waals surface area contributed by atoms with Gasteiger partial charge < -0.3 is 9.84 Å². The Hall–Kier alpha value is -3.12. The van der Waals surface area contributed by atoms with Crippen molar-refractivity contribution in [1.82, 2.24) is 15.0 Å². The molecule has 0 saturated carbocycles. The van der Waals surface area contributed by atoms with Crippen LogP contribution in [0.3, 0.4) is 0 Å². The molecule has 1 aliphatic carbocycles. The van der Waals surface area contributed by atoms with Crippen molar-refractivity contribution < 1.29 is 9.84 Å². The van der Waals surface area contributed by atoms with Crippen molar-refractivity contribution in [3.63, 3.8) is 0 Å². The van der Waals surface area contributed by atoms with E-state index in [2.05, 4.69) is 51.4 Å². The summed E-state index contributed by atoms with van der Waals surface area (Å²) in [5, 5.41) is 10.6. The molecule has 2 aliphatic rings. The molecule has 0 saturated heterocycles. The van der Waals surface area contributed by atoms with Gasteiger partial charge in [0.15, 0.2) is 11.6 Å². The summed E-state index contributed by atoms with van der Waals surface area (Å²) in [7, 11) is 1.53. The fourth-order valence-electron chi connectivity index (χ4n) is 3.52. The van der Waals surface area contributed by atoms with Crippen LogP contribution in [-0.4, -0.2) is 32.4 Å². The van der Waals surface area contributed by atoms with Gasteiger partial charge >= 0.3 is 6.01 Å².